The first-order valence-electron chi connectivity index (χ1n) is 8.84. The van der Waals surface area contributed by atoms with E-state index in [0.29, 0.717) is 5.82 Å². The van der Waals surface area contributed by atoms with Gasteiger partial charge in [0.2, 0.25) is 0 Å². The van der Waals surface area contributed by atoms with Crippen LogP contribution in [-0.2, 0) is 0 Å². The molecule has 2 aromatic carbocycles. The van der Waals surface area contributed by atoms with Crippen molar-refractivity contribution in [2.75, 3.05) is 30.4 Å². The van der Waals surface area contributed by atoms with E-state index in [2.05, 4.69) is 24.1 Å². The monoisotopic (exact) mass is 348 g/mol. The fourth-order valence-electron chi connectivity index (χ4n) is 2.77. The van der Waals surface area contributed by atoms with Gasteiger partial charge in [0, 0.05) is 36.5 Å². The van der Waals surface area contributed by atoms with Gasteiger partial charge in [-0.2, -0.15) is 0 Å². The molecule has 26 heavy (non-hydrogen) atoms. The van der Waals surface area contributed by atoms with E-state index >= 15 is 0 Å². The molecule has 0 fully saturated rings. The lowest BCUT2D eigenvalue weighted by atomic mass is 10.2. The average Bonchev–Trinajstić information content (AvgIpc) is 2.69. The van der Waals surface area contributed by atoms with Gasteiger partial charge in [-0.3, -0.25) is 0 Å². The van der Waals surface area contributed by atoms with Crippen LogP contribution in [0.4, 0.5) is 17.3 Å². The van der Waals surface area contributed by atoms with Crippen molar-refractivity contribution in [2.45, 2.75) is 13.8 Å². The van der Waals surface area contributed by atoms with E-state index < -0.39 is 0 Å². The zero-order chi connectivity index (χ0) is 18.4. The van der Waals surface area contributed by atoms with Crippen LogP contribution in [0.5, 0.6) is 5.75 Å². The SMILES string of the molecule is CCN(CC)c1cc(Nc2cccc(OC)c2)nc(-c2ccccc2)n1. The Morgan fingerprint density at radius 2 is 1.69 bits per heavy atom. The molecule has 0 aliphatic heterocycles. The van der Waals surface area contributed by atoms with Gasteiger partial charge in [-0.1, -0.05) is 36.4 Å². The van der Waals surface area contributed by atoms with Crippen LogP contribution < -0.4 is 15.0 Å². The number of hydrogen-bond donors (Lipinski definition) is 1. The zero-order valence-corrected chi connectivity index (χ0v) is 15.4. The Hall–Kier alpha value is -3.08. The molecular formula is C21H24N4O. The average molecular weight is 348 g/mol. The number of nitrogens with zero attached hydrogens (tertiary/aromatic N) is 3. The standard InChI is InChI=1S/C21H24N4O/c1-4-25(5-2)20-15-19(22-17-12-9-13-18(14-17)26-3)23-21(24-20)16-10-7-6-8-11-16/h6-15H,4-5H2,1-3H3,(H,22,23,24). The molecule has 5 nitrogen and oxygen atoms in total. The second-order valence-electron chi connectivity index (χ2n) is 5.83. The van der Waals surface area contributed by atoms with E-state index in [4.69, 9.17) is 14.7 Å². The predicted octanol–water partition coefficient (Wildman–Crippen LogP) is 4.74. The number of hydrogen-bond acceptors (Lipinski definition) is 5. The molecule has 0 spiro atoms. The molecule has 0 saturated heterocycles. The molecule has 0 radical (unpaired) electrons. The number of benzene rings is 2. The van der Waals surface area contributed by atoms with Gasteiger partial charge in [0.15, 0.2) is 5.82 Å². The first-order chi connectivity index (χ1) is 12.7. The summed E-state index contributed by atoms with van der Waals surface area (Å²) < 4.78 is 5.30. The third-order valence-electron chi connectivity index (χ3n) is 4.17. The van der Waals surface area contributed by atoms with Crippen LogP contribution in [0, 0.1) is 0 Å². The van der Waals surface area contributed by atoms with Crippen LogP contribution >= 0.6 is 0 Å². The van der Waals surface area contributed by atoms with Gasteiger partial charge in [-0.15, -0.1) is 0 Å². The maximum atomic E-state index is 5.30. The molecule has 0 atom stereocenters. The van der Waals surface area contributed by atoms with E-state index in [0.717, 1.165) is 41.7 Å². The van der Waals surface area contributed by atoms with Crippen molar-refractivity contribution in [1.82, 2.24) is 9.97 Å². The lowest BCUT2D eigenvalue weighted by Crippen LogP contribution is -2.23. The maximum Gasteiger partial charge on any atom is 0.163 e. The third-order valence-corrected chi connectivity index (χ3v) is 4.17. The van der Waals surface area contributed by atoms with E-state index in [1.807, 2.05) is 60.7 Å². The van der Waals surface area contributed by atoms with Gasteiger partial charge < -0.3 is 15.0 Å². The minimum atomic E-state index is 0.709. The second kappa shape index (κ2) is 8.34. The van der Waals surface area contributed by atoms with Gasteiger partial charge in [0.1, 0.15) is 17.4 Å². The minimum absolute atomic E-state index is 0.709. The van der Waals surface area contributed by atoms with Crippen LogP contribution in [0.2, 0.25) is 0 Å². The number of aromatic nitrogens is 2. The number of anilines is 3. The highest BCUT2D eigenvalue weighted by molar-refractivity contribution is 5.66. The molecule has 1 aromatic heterocycles. The van der Waals surface area contributed by atoms with Gasteiger partial charge in [0.05, 0.1) is 7.11 Å². The molecule has 3 rings (SSSR count). The fraction of sp³-hybridized carbons (Fsp3) is 0.238. The number of ether oxygens (including phenoxy) is 1. The molecule has 134 valence electrons. The Balaban J connectivity index is 2.01. The number of rotatable bonds is 7. The van der Waals surface area contributed by atoms with Gasteiger partial charge in [-0.25, -0.2) is 9.97 Å². The lowest BCUT2D eigenvalue weighted by molar-refractivity contribution is 0.415. The van der Waals surface area contributed by atoms with Crippen LogP contribution in [0.3, 0.4) is 0 Å². The molecular weight excluding hydrogens is 324 g/mol. The largest absolute Gasteiger partial charge is 0.497 e. The van der Waals surface area contributed by atoms with E-state index in [-0.39, 0.29) is 0 Å². The highest BCUT2D eigenvalue weighted by Crippen LogP contribution is 2.26. The molecule has 3 aromatic rings. The first kappa shape index (κ1) is 17.7. The van der Waals surface area contributed by atoms with Crippen LogP contribution in [0.15, 0.2) is 60.7 Å². The Morgan fingerprint density at radius 1 is 0.923 bits per heavy atom. The summed E-state index contributed by atoms with van der Waals surface area (Å²) in [6, 6.07) is 19.8. The first-order valence-corrected chi connectivity index (χ1v) is 8.84. The topological polar surface area (TPSA) is 50.3 Å². The summed E-state index contributed by atoms with van der Waals surface area (Å²) >= 11 is 0. The maximum absolute atomic E-state index is 5.30. The fourth-order valence-corrected chi connectivity index (χ4v) is 2.77. The van der Waals surface area contributed by atoms with Crippen molar-refractivity contribution in [3.05, 3.63) is 60.7 Å². The molecule has 0 saturated carbocycles. The minimum Gasteiger partial charge on any atom is -0.497 e. The quantitative estimate of drug-likeness (QED) is 0.668. The van der Waals surface area contributed by atoms with E-state index in [1.165, 1.54) is 0 Å². The Kier molecular flexibility index (Phi) is 5.69. The second-order valence-corrected chi connectivity index (χ2v) is 5.83. The van der Waals surface area contributed by atoms with Crippen molar-refractivity contribution in [3.63, 3.8) is 0 Å². The number of nitrogens with one attached hydrogen (secondary N) is 1. The molecule has 0 amide bonds. The van der Waals surface area contributed by atoms with Crippen molar-refractivity contribution in [3.8, 4) is 17.1 Å². The van der Waals surface area contributed by atoms with Crippen molar-refractivity contribution in [2.24, 2.45) is 0 Å². The Bertz CT molecular complexity index is 848. The van der Waals surface area contributed by atoms with Crippen LogP contribution in [0.25, 0.3) is 11.4 Å². The summed E-state index contributed by atoms with van der Waals surface area (Å²) in [5, 5.41) is 3.37. The zero-order valence-electron chi connectivity index (χ0n) is 15.4. The van der Waals surface area contributed by atoms with Crippen LogP contribution in [0.1, 0.15) is 13.8 Å². The normalized spacial score (nSPS) is 10.4. The van der Waals surface area contributed by atoms with Crippen molar-refractivity contribution in [1.29, 1.82) is 0 Å². The molecule has 0 aliphatic carbocycles. The smallest absolute Gasteiger partial charge is 0.163 e. The third kappa shape index (κ3) is 4.11. The van der Waals surface area contributed by atoms with Crippen LogP contribution in [-0.4, -0.2) is 30.2 Å². The molecule has 0 aliphatic rings. The van der Waals surface area contributed by atoms with Gasteiger partial charge >= 0.3 is 0 Å². The number of methoxy groups -OCH3 is 1. The summed E-state index contributed by atoms with van der Waals surface area (Å²) in [5.74, 6) is 3.18. The molecule has 0 bridgehead atoms. The van der Waals surface area contributed by atoms with Gasteiger partial charge in [-0.05, 0) is 26.0 Å². The molecule has 0 unspecified atom stereocenters. The molecule has 1 heterocycles. The predicted molar refractivity (Wildman–Crippen MR) is 107 cm³/mol. The molecule has 5 heteroatoms. The van der Waals surface area contributed by atoms with E-state index in [9.17, 15) is 0 Å². The van der Waals surface area contributed by atoms with E-state index in [1.54, 1.807) is 7.11 Å². The highest BCUT2D eigenvalue weighted by atomic mass is 16.5. The molecule has 1 N–H and O–H groups in total. The summed E-state index contributed by atoms with van der Waals surface area (Å²) in [6.07, 6.45) is 0. The van der Waals surface area contributed by atoms with Crippen molar-refractivity contribution < 1.29 is 4.74 Å². The summed E-state index contributed by atoms with van der Waals surface area (Å²) in [5.41, 5.74) is 1.92. The Labute approximate surface area is 154 Å². The summed E-state index contributed by atoms with van der Waals surface area (Å²) in [7, 11) is 1.66. The highest BCUT2D eigenvalue weighted by Gasteiger charge is 2.11. The summed E-state index contributed by atoms with van der Waals surface area (Å²) in [6.45, 7) is 6.03. The van der Waals surface area contributed by atoms with Gasteiger partial charge in [0.25, 0.3) is 0 Å². The lowest BCUT2D eigenvalue weighted by Gasteiger charge is -2.21. The van der Waals surface area contributed by atoms with Crippen molar-refractivity contribution >= 4 is 17.3 Å². The Morgan fingerprint density at radius 3 is 2.38 bits per heavy atom. The summed E-state index contributed by atoms with van der Waals surface area (Å²) in [4.78, 5) is 11.7.